The largest absolute Gasteiger partial charge is 0.496 e. The van der Waals surface area contributed by atoms with Gasteiger partial charge in [0.05, 0.1) is 17.1 Å². The molecule has 0 aliphatic carbocycles. The number of carbonyl (C=O) groups is 1. The summed E-state index contributed by atoms with van der Waals surface area (Å²) in [6, 6.07) is 10.2. The monoisotopic (exact) mass is 350 g/mol. The number of halogens is 2. The molecular weight excluding hydrogens is 339 g/mol. The smallest absolute Gasteiger partial charge is 0.207 e. The first kappa shape index (κ1) is 14.1. The molecule has 0 N–H and O–H groups in total. The van der Waals surface area contributed by atoms with Crippen molar-refractivity contribution in [2.24, 2.45) is 0 Å². The number of para-hydroxylation sites is 1. The third-order valence-corrected chi connectivity index (χ3v) is 4.06. The lowest BCUT2D eigenvalue weighted by molar-refractivity contribution is 0.0821. The van der Waals surface area contributed by atoms with Crippen molar-refractivity contribution in [2.75, 3.05) is 7.11 Å². The number of carbonyl (C=O) groups excluding carboxylic acids is 1. The molecule has 0 bridgehead atoms. The molecule has 0 saturated carbocycles. The van der Waals surface area contributed by atoms with E-state index in [4.69, 9.17) is 9.47 Å². The fraction of sp³-hybridized carbons (Fsp3) is 0.188. The molecule has 0 aromatic heterocycles. The molecule has 1 heterocycles. The summed E-state index contributed by atoms with van der Waals surface area (Å²) in [6.45, 7) is 0. The van der Waals surface area contributed by atoms with E-state index in [9.17, 15) is 9.18 Å². The van der Waals surface area contributed by atoms with E-state index < -0.39 is 11.9 Å². The van der Waals surface area contributed by atoms with Crippen molar-refractivity contribution in [3.63, 3.8) is 0 Å². The van der Waals surface area contributed by atoms with Gasteiger partial charge in [0.15, 0.2) is 6.10 Å². The average molecular weight is 351 g/mol. The highest BCUT2D eigenvalue weighted by Crippen LogP contribution is 2.33. The summed E-state index contributed by atoms with van der Waals surface area (Å²) in [7, 11) is 1.41. The predicted octanol–water partition coefficient (Wildman–Crippen LogP) is 3.78. The molecule has 21 heavy (non-hydrogen) atoms. The lowest BCUT2D eigenvalue weighted by Crippen LogP contribution is -2.25. The van der Waals surface area contributed by atoms with E-state index in [1.807, 2.05) is 24.3 Å². The molecule has 0 fully saturated rings. The van der Waals surface area contributed by atoms with Crippen LogP contribution in [0.5, 0.6) is 11.5 Å². The Morgan fingerprint density at radius 3 is 2.86 bits per heavy atom. The molecule has 0 radical (unpaired) electrons. The van der Waals surface area contributed by atoms with Crippen LogP contribution in [0.25, 0.3) is 0 Å². The van der Waals surface area contributed by atoms with Crippen molar-refractivity contribution in [1.29, 1.82) is 0 Å². The van der Waals surface area contributed by atoms with Crippen LogP contribution >= 0.6 is 15.9 Å². The van der Waals surface area contributed by atoms with Crippen molar-refractivity contribution in [3.8, 4) is 11.5 Å². The Bertz CT molecular complexity index is 690. The van der Waals surface area contributed by atoms with Crippen LogP contribution in [0.15, 0.2) is 40.9 Å². The first-order valence-electron chi connectivity index (χ1n) is 6.42. The number of ketones is 1. The molecule has 5 heteroatoms. The Hall–Kier alpha value is -1.88. The minimum Gasteiger partial charge on any atom is -0.496 e. The highest BCUT2D eigenvalue weighted by Gasteiger charge is 2.31. The number of hydrogen-bond donors (Lipinski definition) is 0. The topological polar surface area (TPSA) is 35.5 Å². The molecule has 1 aliphatic heterocycles. The number of methoxy groups -OCH3 is 1. The molecule has 1 unspecified atom stereocenters. The summed E-state index contributed by atoms with van der Waals surface area (Å²) in [4.78, 5) is 12.6. The second-order valence-corrected chi connectivity index (χ2v) is 5.60. The van der Waals surface area contributed by atoms with Crippen molar-refractivity contribution >= 4 is 21.7 Å². The van der Waals surface area contributed by atoms with Gasteiger partial charge in [0.2, 0.25) is 5.78 Å². The lowest BCUT2D eigenvalue weighted by Gasteiger charge is -2.13. The quantitative estimate of drug-likeness (QED) is 0.790. The fourth-order valence-electron chi connectivity index (χ4n) is 2.39. The summed E-state index contributed by atoms with van der Waals surface area (Å²) >= 11 is 3.09. The minimum atomic E-state index is -0.603. The average Bonchev–Trinajstić information content (AvgIpc) is 2.92. The molecule has 0 saturated heterocycles. The van der Waals surface area contributed by atoms with Crippen LogP contribution in [-0.4, -0.2) is 19.0 Å². The Morgan fingerprint density at radius 2 is 2.14 bits per heavy atom. The van der Waals surface area contributed by atoms with Crippen LogP contribution in [0.2, 0.25) is 0 Å². The van der Waals surface area contributed by atoms with Crippen molar-refractivity contribution in [3.05, 3.63) is 57.8 Å². The van der Waals surface area contributed by atoms with Crippen LogP contribution in [0.3, 0.4) is 0 Å². The van der Waals surface area contributed by atoms with E-state index in [2.05, 4.69) is 15.9 Å². The molecule has 108 valence electrons. The molecule has 2 aromatic rings. The Morgan fingerprint density at radius 1 is 1.38 bits per heavy atom. The van der Waals surface area contributed by atoms with E-state index >= 15 is 0 Å². The van der Waals surface area contributed by atoms with Gasteiger partial charge in [-0.25, -0.2) is 4.39 Å². The van der Waals surface area contributed by atoms with Crippen molar-refractivity contribution < 1.29 is 18.7 Å². The third-order valence-electron chi connectivity index (χ3n) is 3.45. The summed E-state index contributed by atoms with van der Waals surface area (Å²) in [5.41, 5.74) is 1.31. The van der Waals surface area contributed by atoms with E-state index in [0.29, 0.717) is 12.0 Å². The summed E-state index contributed by atoms with van der Waals surface area (Å²) < 4.78 is 24.5. The molecular formula is C16H12BrFO3. The van der Waals surface area contributed by atoms with Crippen LogP contribution in [0, 0.1) is 5.82 Å². The van der Waals surface area contributed by atoms with E-state index in [0.717, 1.165) is 11.3 Å². The van der Waals surface area contributed by atoms with Gasteiger partial charge in [-0.15, -0.1) is 0 Å². The van der Waals surface area contributed by atoms with Gasteiger partial charge >= 0.3 is 0 Å². The molecule has 2 aromatic carbocycles. The van der Waals surface area contributed by atoms with Gasteiger partial charge in [0.25, 0.3) is 0 Å². The SMILES string of the molecule is COc1cc(F)c(Br)cc1C(=O)C1Cc2ccccc2O1. The number of fused-ring (bicyclic) bond motifs is 1. The zero-order valence-electron chi connectivity index (χ0n) is 11.2. The van der Waals surface area contributed by atoms with Gasteiger partial charge in [0.1, 0.15) is 17.3 Å². The molecule has 1 atom stereocenters. The normalized spacial score (nSPS) is 16.2. The predicted molar refractivity (Wildman–Crippen MR) is 79.5 cm³/mol. The van der Waals surface area contributed by atoms with Crippen molar-refractivity contribution in [1.82, 2.24) is 0 Å². The first-order chi connectivity index (χ1) is 10.1. The summed E-state index contributed by atoms with van der Waals surface area (Å²) in [5, 5.41) is 0. The second kappa shape index (κ2) is 5.48. The molecule has 1 aliphatic rings. The maximum Gasteiger partial charge on any atom is 0.207 e. The Kier molecular flexibility index (Phi) is 3.68. The van der Waals surface area contributed by atoms with Gasteiger partial charge in [-0.2, -0.15) is 0 Å². The molecule has 0 spiro atoms. The summed E-state index contributed by atoms with van der Waals surface area (Å²) in [5.74, 6) is 0.235. The maximum atomic E-state index is 13.5. The minimum absolute atomic E-state index is 0.209. The number of ether oxygens (including phenoxy) is 2. The van der Waals surface area contributed by atoms with Gasteiger partial charge in [0, 0.05) is 12.5 Å². The number of rotatable bonds is 3. The first-order valence-corrected chi connectivity index (χ1v) is 7.21. The highest BCUT2D eigenvalue weighted by molar-refractivity contribution is 9.10. The summed E-state index contributed by atoms with van der Waals surface area (Å²) in [6.07, 6.45) is -0.0960. The van der Waals surface area contributed by atoms with E-state index in [1.165, 1.54) is 19.2 Å². The van der Waals surface area contributed by atoms with Gasteiger partial charge < -0.3 is 9.47 Å². The Labute approximate surface area is 129 Å². The lowest BCUT2D eigenvalue weighted by atomic mass is 10.0. The van der Waals surface area contributed by atoms with Gasteiger partial charge in [-0.1, -0.05) is 18.2 Å². The van der Waals surface area contributed by atoms with Crippen LogP contribution in [0.1, 0.15) is 15.9 Å². The second-order valence-electron chi connectivity index (χ2n) is 4.75. The standard InChI is InChI=1S/C16H12BrFO3/c1-20-14-8-12(18)11(17)7-10(14)16(19)15-6-9-4-2-3-5-13(9)21-15/h2-5,7-8,15H,6H2,1H3. The fourth-order valence-corrected chi connectivity index (χ4v) is 2.74. The van der Waals surface area contributed by atoms with E-state index in [-0.39, 0.29) is 16.0 Å². The zero-order valence-corrected chi connectivity index (χ0v) is 12.8. The molecule has 3 rings (SSSR count). The van der Waals surface area contributed by atoms with Crippen LogP contribution in [0.4, 0.5) is 4.39 Å². The van der Waals surface area contributed by atoms with Crippen LogP contribution < -0.4 is 9.47 Å². The zero-order chi connectivity index (χ0) is 15.0. The number of Topliss-reactive ketones (excluding diaryl/α,β-unsaturated/α-hetero) is 1. The van der Waals surface area contributed by atoms with E-state index in [1.54, 1.807) is 0 Å². The Balaban J connectivity index is 1.92. The van der Waals surface area contributed by atoms with Gasteiger partial charge in [-0.3, -0.25) is 4.79 Å². The third kappa shape index (κ3) is 2.53. The number of hydrogen-bond acceptors (Lipinski definition) is 3. The van der Waals surface area contributed by atoms with Gasteiger partial charge in [-0.05, 0) is 33.6 Å². The highest BCUT2D eigenvalue weighted by atomic mass is 79.9. The number of benzene rings is 2. The van der Waals surface area contributed by atoms with Crippen molar-refractivity contribution in [2.45, 2.75) is 12.5 Å². The van der Waals surface area contributed by atoms with Crippen LogP contribution in [-0.2, 0) is 6.42 Å². The molecule has 3 nitrogen and oxygen atoms in total. The maximum absolute atomic E-state index is 13.5. The molecule has 0 amide bonds.